The van der Waals surface area contributed by atoms with Crippen LogP contribution in [-0.2, 0) is 20.9 Å². The van der Waals surface area contributed by atoms with E-state index in [0.717, 1.165) is 11.3 Å². The Morgan fingerprint density at radius 1 is 1.09 bits per heavy atom. The highest BCUT2D eigenvalue weighted by Gasteiger charge is 2.23. The fourth-order valence-electron chi connectivity index (χ4n) is 3.41. The van der Waals surface area contributed by atoms with Gasteiger partial charge in [-0.25, -0.2) is 0 Å². The molecule has 0 aromatic heterocycles. The topological polar surface area (TPSA) is 82.9 Å². The van der Waals surface area contributed by atoms with E-state index < -0.39 is 0 Å². The molecule has 2 aromatic carbocycles. The van der Waals surface area contributed by atoms with Gasteiger partial charge < -0.3 is 14.4 Å². The monoisotopic (exact) mass is 437 g/mol. The van der Waals surface area contributed by atoms with Crippen molar-refractivity contribution < 1.29 is 19.1 Å². The second-order valence-electron chi connectivity index (χ2n) is 7.46. The number of nitriles is 1. The van der Waals surface area contributed by atoms with Crippen LogP contribution in [0.1, 0.15) is 25.8 Å². The van der Waals surface area contributed by atoms with E-state index in [-0.39, 0.29) is 37.3 Å². The fraction of sp³-hybridized carbons (Fsp3) is 0.400. The molecule has 0 saturated carbocycles. The molecular weight excluding hydrogens is 406 g/mol. The Morgan fingerprint density at radius 3 is 2.38 bits per heavy atom. The Hall–Kier alpha value is -3.37. The number of anilines is 1. The minimum absolute atomic E-state index is 0.106. The van der Waals surface area contributed by atoms with E-state index in [2.05, 4.69) is 6.07 Å². The molecule has 7 heteroatoms. The van der Waals surface area contributed by atoms with Crippen molar-refractivity contribution in [1.29, 1.82) is 5.26 Å². The maximum absolute atomic E-state index is 13.3. The van der Waals surface area contributed by atoms with Crippen LogP contribution in [-0.4, -0.2) is 50.1 Å². The first-order chi connectivity index (χ1) is 15.5. The molecule has 2 rings (SSSR count). The Labute approximate surface area is 190 Å². The van der Waals surface area contributed by atoms with Crippen molar-refractivity contribution in [2.24, 2.45) is 5.92 Å². The van der Waals surface area contributed by atoms with Gasteiger partial charge in [-0.05, 0) is 36.8 Å². The first-order valence-electron chi connectivity index (χ1n) is 10.7. The Morgan fingerprint density at radius 2 is 1.78 bits per heavy atom. The summed E-state index contributed by atoms with van der Waals surface area (Å²) in [5.41, 5.74) is 1.75. The summed E-state index contributed by atoms with van der Waals surface area (Å²) in [5, 5.41) is 9.07. The lowest BCUT2D eigenvalue weighted by Crippen LogP contribution is -2.43. The molecule has 32 heavy (non-hydrogen) atoms. The molecule has 0 heterocycles. The zero-order valence-corrected chi connectivity index (χ0v) is 19.0. The SMILES string of the molecule is CCOc1ccc(N(CCC#N)C(=O)CN(Cc2ccccc2)CC(C)C(=O)OC)cc1. The van der Waals surface area contributed by atoms with Crippen LogP contribution in [0.4, 0.5) is 5.69 Å². The molecular formula is C25H31N3O4. The number of amides is 1. The number of hydrogen-bond donors (Lipinski definition) is 0. The van der Waals surface area contributed by atoms with Gasteiger partial charge in [-0.1, -0.05) is 37.3 Å². The van der Waals surface area contributed by atoms with E-state index in [4.69, 9.17) is 14.7 Å². The average Bonchev–Trinajstić information content (AvgIpc) is 2.80. The quantitative estimate of drug-likeness (QED) is 0.472. The minimum atomic E-state index is -0.380. The van der Waals surface area contributed by atoms with Crippen molar-refractivity contribution in [3.63, 3.8) is 0 Å². The molecule has 0 N–H and O–H groups in total. The third-order valence-corrected chi connectivity index (χ3v) is 4.95. The van der Waals surface area contributed by atoms with Gasteiger partial charge in [0.1, 0.15) is 5.75 Å². The third kappa shape index (κ3) is 7.71. The van der Waals surface area contributed by atoms with Gasteiger partial charge in [-0.3, -0.25) is 14.5 Å². The predicted octanol–water partition coefficient (Wildman–Crippen LogP) is 3.64. The van der Waals surface area contributed by atoms with Crippen molar-refractivity contribution in [2.75, 3.05) is 38.3 Å². The molecule has 0 aliphatic carbocycles. The van der Waals surface area contributed by atoms with Crippen LogP contribution in [0.2, 0.25) is 0 Å². The molecule has 7 nitrogen and oxygen atoms in total. The van der Waals surface area contributed by atoms with Crippen LogP contribution in [0.3, 0.4) is 0 Å². The van der Waals surface area contributed by atoms with Crippen LogP contribution in [0.25, 0.3) is 0 Å². The van der Waals surface area contributed by atoms with Gasteiger partial charge >= 0.3 is 5.97 Å². The summed E-state index contributed by atoms with van der Waals surface area (Å²) < 4.78 is 10.3. The molecule has 2 aromatic rings. The first-order valence-corrected chi connectivity index (χ1v) is 10.7. The molecule has 1 atom stereocenters. The molecule has 0 saturated heterocycles. The maximum Gasteiger partial charge on any atom is 0.309 e. The van der Waals surface area contributed by atoms with Crippen molar-refractivity contribution in [3.8, 4) is 11.8 Å². The van der Waals surface area contributed by atoms with Gasteiger partial charge in [0.05, 0.1) is 38.7 Å². The summed E-state index contributed by atoms with van der Waals surface area (Å²) in [6.07, 6.45) is 0.218. The summed E-state index contributed by atoms with van der Waals surface area (Å²) >= 11 is 0. The van der Waals surface area contributed by atoms with Crippen LogP contribution >= 0.6 is 0 Å². The number of methoxy groups -OCH3 is 1. The lowest BCUT2D eigenvalue weighted by atomic mass is 10.1. The van der Waals surface area contributed by atoms with Gasteiger partial charge in [0.2, 0.25) is 5.91 Å². The van der Waals surface area contributed by atoms with Gasteiger partial charge in [0.15, 0.2) is 0 Å². The number of carbonyl (C=O) groups excluding carboxylic acids is 2. The van der Waals surface area contributed by atoms with Crippen molar-refractivity contribution in [1.82, 2.24) is 4.90 Å². The first kappa shape index (κ1) is 24.9. The lowest BCUT2D eigenvalue weighted by Gasteiger charge is -2.28. The van der Waals surface area contributed by atoms with Crippen molar-refractivity contribution in [2.45, 2.75) is 26.8 Å². The number of benzene rings is 2. The largest absolute Gasteiger partial charge is 0.494 e. The van der Waals surface area contributed by atoms with Gasteiger partial charge in [0, 0.05) is 25.3 Å². The number of rotatable bonds is 12. The van der Waals surface area contributed by atoms with Crippen molar-refractivity contribution in [3.05, 3.63) is 60.2 Å². The van der Waals surface area contributed by atoms with Crippen LogP contribution in [0.5, 0.6) is 5.75 Å². The van der Waals surface area contributed by atoms with Gasteiger partial charge in [-0.2, -0.15) is 5.26 Å². The summed E-state index contributed by atoms with van der Waals surface area (Å²) in [6, 6.07) is 19.2. The second-order valence-corrected chi connectivity index (χ2v) is 7.46. The fourth-order valence-corrected chi connectivity index (χ4v) is 3.41. The molecule has 170 valence electrons. The average molecular weight is 438 g/mol. The minimum Gasteiger partial charge on any atom is -0.494 e. The highest BCUT2D eigenvalue weighted by atomic mass is 16.5. The normalized spacial score (nSPS) is 11.5. The Balaban J connectivity index is 2.21. The van der Waals surface area contributed by atoms with Gasteiger partial charge in [0.25, 0.3) is 0 Å². The zero-order chi connectivity index (χ0) is 23.3. The summed E-state index contributed by atoms with van der Waals surface area (Å²) in [5.74, 6) is -0.114. The predicted molar refractivity (Wildman–Crippen MR) is 123 cm³/mol. The van der Waals surface area contributed by atoms with E-state index in [1.165, 1.54) is 7.11 Å². The van der Waals surface area contributed by atoms with Crippen molar-refractivity contribution >= 4 is 17.6 Å². The number of ether oxygens (including phenoxy) is 2. The highest BCUT2D eigenvalue weighted by Crippen LogP contribution is 2.21. The zero-order valence-electron chi connectivity index (χ0n) is 19.0. The molecule has 0 aliphatic heterocycles. The Bertz CT molecular complexity index is 894. The van der Waals surface area contributed by atoms with E-state index in [1.54, 1.807) is 11.8 Å². The molecule has 0 spiro atoms. The standard InChI is InChI=1S/C25H31N3O4/c1-4-32-23-13-11-22(12-14-23)28(16-8-15-26)24(29)19-27(17-20(2)25(30)31-3)18-21-9-6-5-7-10-21/h5-7,9-14,20H,4,8,16-19H2,1-3H3. The molecule has 1 amide bonds. The maximum atomic E-state index is 13.3. The molecule has 0 bridgehead atoms. The number of esters is 1. The summed E-state index contributed by atoms with van der Waals surface area (Å²) in [6.45, 7) is 5.54. The number of carbonyl (C=O) groups is 2. The Kier molecular flexibility index (Phi) is 10.2. The van der Waals surface area contributed by atoms with Crippen LogP contribution in [0, 0.1) is 17.2 Å². The van der Waals surface area contributed by atoms with E-state index in [0.29, 0.717) is 25.4 Å². The molecule has 1 unspecified atom stereocenters. The van der Waals surface area contributed by atoms with E-state index in [9.17, 15) is 9.59 Å². The highest BCUT2D eigenvalue weighted by molar-refractivity contribution is 5.95. The number of hydrogen-bond acceptors (Lipinski definition) is 6. The molecule has 0 radical (unpaired) electrons. The van der Waals surface area contributed by atoms with Crippen LogP contribution in [0.15, 0.2) is 54.6 Å². The van der Waals surface area contributed by atoms with E-state index >= 15 is 0 Å². The molecule has 0 aliphatic rings. The third-order valence-electron chi connectivity index (χ3n) is 4.95. The second kappa shape index (κ2) is 13.1. The number of nitrogens with zero attached hydrogens (tertiary/aromatic N) is 3. The smallest absolute Gasteiger partial charge is 0.309 e. The lowest BCUT2D eigenvalue weighted by molar-refractivity contribution is -0.145. The van der Waals surface area contributed by atoms with E-state index in [1.807, 2.05) is 66.4 Å². The van der Waals surface area contributed by atoms with Gasteiger partial charge in [-0.15, -0.1) is 0 Å². The van der Waals surface area contributed by atoms with Crippen LogP contribution < -0.4 is 9.64 Å². The molecule has 0 fully saturated rings. The summed E-state index contributed by atoms with van der Waals surface area (Å²) in [7, 11) is 1.36. The summed E-state index contributed by atoms with van der Waals surface area (Å²) in [4.78, 5) is 28.8.